The van der Waals surface area contributed by atoms with Crippen molar-refractivity contribution in [2.24, 2.45) is 17.8 Å². The summed E-state index contributed by atoms with van der Waals surface area (Å²) in [6, 6.07) is 4.10. The van der Waals surface area contributed by atoms with E-state index >= 15 is 0 Å². The number of carbonyl (C=O) groups is 1. The highest BCUT2D eigenvalue weighted by Crippen LogP contribution is 2.55. The molecule has 0 spiro atoms. The molecule has 0 aliphatic heterocycles. The highest BCUT2D eigenvalue weighted by Gasteiger charge is 2.51. The topological polar surface area (TPSA) is 72.7 Å². The normalized spacial score (nSPS) is 31.0. The lowest BCUT2D eigenvalue weighted by Gasteiger charge is -2.57. The number of nitrogens with one attached hydrogen (secondary N) is 1. The molecule has 0 saturated heterocycles. The number of tetrazole rings is 1. The van der Waals surface area contributed by atoms with E-state index in [0.717, 1.165) is 31.4 Å². The van der Waals surface area contributed by atoms with Crippen molar-refractivity contribution in [3.8, 4) is 11.4 Å². The van der Waals surface area contributed by atoms with Gasteiger partial charge in [-0.05, 0) is 80.5 Å². The van der Waals surface area contributed by atoms with Gasteiger partial charge in [-0.25, -0.2) is 0 Å². The molecule has 1 unspecified atom stereocenters. The van der Waals surface area contributed by atoms with Gasteiger partial charge in [0, 0.05) is 11.1 Å². The van der Waals surface area contributed by atoms with Gasteiger partial charge >= 0.3 is 6.18 Å². The molecule has 160 valence electrons. The summed E-state index contributed by atoms with van der Waals surface area (Å²) in [6.45, 7) is 1.69. The van der Waals surface area contributed by atoms with E-state index in [-0.39, 0.29) is 22.8 Å². The highest BCUT2D eigenvalue weighted by molar-refractivity contribution is 5.80. The van der Waals surface area contributed by atoms with Crippen molar-refractivity contribution >= 4 is 5.91 Å². The van der Waals surface area contributed by atoms with Gasteiger partial charge in [-0.1, -0.05) is 12.1 Å². The first kappa shape index (κ1) is 19.5. The van der Waals surface area contributed by atoms with Gasteiger partial charge < -0.3 is 5.32 Å². The lowest BCUT2D eigenvalue weighted by molar-refractivity contribution is -0.137. The Morgan fingerprint density at radius 2 is 1.80 bits per heavy atom. The third-order valence-electron chi connectivity index (χ3n) is 7.03. The Bertz CT molecular complexity index is 934. The maximum absolute atomic E-state index is 13.0. The van der Waals surface area contributed by atoms with Gasteiger partial charge in [-0.3, -0.25) is 4.79 Å². The predicted octanol–water partition coefficient (Wildman–Crippen LogP) is 4.00. The number of alkyl halides is 3. The molecule has 4 aliphatic rings. The minimum atomic E-state index is -4.45. The molecule has 30 heavy (non-hydrogen) atoms. The van der Waals surface area contributed by atoms with E-state index in [2.05, 4.69) is 20.7 Å². The maximum Gasteiger partial charge on any atom is 0.416 e. The van der Waals surface area contributed by atoms with Crippen molar-refractivity contribution < 1.29 is 18.0 Å². The zero-order valence-corrected chi connectivity index (χ0v) is 16.7. The zero-order chi connectivity index (χ0) is 21.1. The molecule has 1 heterocycles. The van der Waals surface area contributed by atoms with Crippen LogP contribution in [0.5, 0.6) is 0 Å². The van der Waals surface area contributed by atoms with E-state index < -0.39 is 17.8 Å². The van der Waals surface area contributed by atoms with Crippen LogP contribution >= 0.6 is 0 Å². The molecule has 4 saturated carbocycles. The quantitative estimate of drug-likeness (QED) is 0.813. The van der Waals surface area contributed by atoms with Crippen LogP contribution in [0.3, 0.4) is 0 Å². The molecule has 4 fully saturated rings. The van der Waals surface area contributed by atoms with Crippen molar-refractivity contribution in [2.75, 3.05) is 0 Å². The number of amides is 1. The second-order valence-electron chi connectivity index (χ2n) is 9.38. The maximum atomic E-state index is 13.0. The first-order valence-electron chi connectivity index (χ1n) is 10.5. The van der Waals surface area contributed by atoms with Crippen LogP contribution in [0, 0.1) is 17.8 Å². The number of hydrogen-bond donors (Lipinski definition) is 1. The monoisotopic (exact) mass is 419 g/mol. The number of aromatic nitrogens is 4. The molecule has 1 atom stereocenters. The van der Waals surface area contributed by atoms with Gasteiger partial charge in [0.2, 0.25) is 11.7 Å². The number of hydrogen-bond acceptors (Lipinski definition) is 4. The largest absolute Gasteiger partial charge is 0.416 e. The predicted molar refractivity (Wildman–Crippen MR) is 102 cm³/mol. The van der Waals surface area contributed by atoms with Crippen molar-refractivity contribution in [1.82, 2.24) is 25.5 Å². The molecule has 6 rings (SSSR count). The number of nitrogens with zero attached hydrogens (tertiary/aromatic N) is 4. The van der Waals surface area contributed by atoms with Crippen LogP contribution in [0.4, 0.5) is 13.2 Å². The molecule has 1 aromatic carbocycles. The first-order chi connectivity index (χ1) is 14.2. The van der Waals surface area contributed by atoms with E-state index in [4.69, 9.17) is 0 Å². The molecular weight excluding hydrogens is 395 g/mol. The second kappa shape index (κ2) is 6.78. The van der Waals surface area contributed by atoms with Crippen molar-refractivity contribution in [1.29, 1.82) is 0 Å². The van der Waals surface area contributed by atoms with Gasteiger partial charge in [-0.2, -0.15) is 18.0 Å². The SMILES string of the molecule is CC(C(=O)NC12CC3CC(CC(C3)C1)C2)n1nnc(-c2cccc(C(F)(F)F)c2)n1. The van der Waals surface area contributed by atoms with Gasteiger partial charge in [0.15, 0.2) is 0 Å². The Kier molecular flexibility index (Phi) is 4.41. The van der Waals surface area contributed by atoms with Crippen LogP contribution in [-0.4, -0.2) is 31.7 Å². The van der Waals surface area contributed by atoms with Gasteiger partial charge in [-0.15, -0.1) is 10.2 Å². The number of halogens is 3. The molecule has 6 nitrogen and oxygen atoms in total. The fourth-order valence-electron chi connectivity index (χ4n) is 6.07. The van der Waals surface area contributed by atoms with Crippen LogP contribution in [0.1, 0.15) is 57.1 Å². The number of carbonyl (C=O) groups excluding carboxylic acids is 1. The molecule has 4 aliphatic carbocycles. The van der Waals surface area contributed by atoms with E-state index in [1.54, 1.807) is 6.92 Å². The zero-order valence-electron chi connectivity index (χ0n) is 16.7. The minimum Gasteiger partial charge on any atom is -0.349 e. The first-order valence-corrected chi connectivity index (χ1v) is 10.5. The highest BCUT2D eigenvalue weighted by atomic mass is 19.4. The molecular formula is C21H24F3N5O. The Labute approximate surface area is 172 Å². The molecule has 2 aromatic rings. The summed E-state index contributed by atoms with van der Waals surface area (Å²) >= 11 is 0. The molecule has 0 radical (unpaired) electrons. The molecule has 1 aromatic heterocycles. The average molecular weight is 419 g/mol. The summed E-state index contributed by atoms with van der Waals surface area (Å²) in [5, 5.41) is 15.3. The van der Waals surface area contributed by atoms with Gasteiger partial charge in [0.25, 0.3) is 0 Å². The smallest absolute Gasteiger partial charge is 0.349 e. The molecule has 1 amide bonds. The van der Waals surface area contributed by atoms with Crippen LogP contribution in [0.25, 0.3) is 11.4 Å². The third-order valence-corrected chi connectivity index (χ3v) is 7.03. The minimum absolute atomic E-state index is 0.0653. The Balaban J connectivity index is 1.31. The van der Waals surface area contributed by atoms with E-state index in [9.17, 15) is 18.0 Å². The second-order valence-corrected chi connectivity index (χ2v) is 9.38. The summed E-state index contributed by atoms with van der Waals surface area (Å²) in [5.41, 5.74) is -0.682. The standard InChI is InChI=1S/C21H24F3N5O/c1-12(19(30)25-20-9-13-5-14(10-20)7-15(6-13)11-20)29-27-18(26-28-29)16-3-2-4-17(8-16)21(22,23)24/h2-4,8,12-15H,5-7,9-11H2,1H3,(H,25,30). The molecule has 1 N–H and O–H groups in total. The van der Waals surface area contributed by atoms with Crippen LogP contribution in [0.15, 0.2) is 24.3 Å². The van der Waals surface area contributed by atoms with Crippen LogP contribution < -0.4 is 5.32 Å². The van der Waals surface area contributed by atoms with Crippen LogP contribution in [-0.2, 0) is 11.0 Å². The summed E-state index contributed by atoms with van der Waals surface area (Å²) < 4.78 is 38.9. The van der Waals surface area contributed by atoms with Crippen molar-refractivity contribution in [3.05, 3.63) is 29.8 Å². The lowest BCUT2D eigenvalue weighted by atomic mass is 9.53. The average Bonchev–Trinajstić information content (AvgIpc) is 3.15. The Morgan fingerprint density at radius 1 is 1.17 bits per heavy atom. The van der Waals surface area contributed by atoms with E-state index in [1.807, 2.05) is 0 Å². The molecule has 4 bridgehead atoms. The van der Waals surface area contributed by atoms with E-state index in [1.165, 1.54) is 36.2 Å². The summed E-state index contributed by atoms with van der Waals surface area (Å²) in [4.78, 5) is 14.2. The van der Waals surface area contributed by atoms with Crippen LogP contribution in [0.2, 0.25) is 0 Å². The summed E-state index contributed by atoms with van der Waals surface area (Å²) in [7, 11) is 0. The Hall–Kier alpha value is -2.45. The summed E-state index contributed by atoms with van der Waals surface area (Å²) in [5.74, 6) is 2.04. The Morgan fingerprint density at radius 3 is 2.40 bits per heavy atom. The fraction of sp³-hybridized carbons (Fsp3) is 0.619. The lowest BCUT2D eigenvalue weighted by Crippen LogP contribution is -2.60. The summed E-state index contributed by atoms with van der Waals surface area (Å²) in [6.07, 6.45) is 2.53. The van der Waals surface area contributed by atoms with Gasteiger partial charge in [0.1, 0.15) is 6.04 Å². The van der Waals surface area contributed by atoms with Gasteiger partial charge in [0.05, 0.1) is 5.56 Å². The fourth-order valence-corrected chi connectivity index (χ4v) is 6.07. The van der Waals surface area contributed by atoms with Crippen molar-refractivity contribution in [2.45, 2.75) is 63.2 Å². The molecule has 9 heteroatoms. The third kappa shape index (κ3) is 3.48. The van der Waals surface area contributed by atoms with Crippen molar-refractivity contribution in [3.63, 3.8) is 0 Å². The number of rotatable bonds is 4. The number of benzene rings is 1. The van der Waals surface area contributed by atoms with E-state index in [0.29, 0.717) is 17.8 Å².